The molecule has 0 aliphatic heterocycles. The van der Waals surface area contributed by atoms with Crippen LogP contribution in [-0.2, 0) is 0 Å². The lowest BCUT2D eigenvalue weighted by atomic mass is 9.98. The molecule has 1 aliphatic rings. The molecule has 0 spiro atoms. The fraction of sp³-hybridized carbons (Fsp3) is 1.00. The summed E-state index contributed by atoms with van der Waals surface area (Å²) in [6.07, 6.45) is 11.2. The minimum atomic E-state index is 0.811. The van der Waals surface area contributed by atoms with Gasteiger partial charge in [-0.3, -0.25) is 0 Å². The van der Waals surface area contributed by atoms with Crippen LogP contribution in [0.15, 0.2) is 0 Å². The topological polar surface area (TPSA) is 15.3 Å². The summed E-state index contributed by atoms with van der Waals surface area (Å²) in [6, 6.07) is 0.811. The van der Waals surface area contributed by atoms with E-state index in [0.29, 0.717) is 0 Å². The average molecular weight is 240 g/mol. The first-order valence-corrected chi connectivity index (χ1v) is 7.60. The lowest BCUT2D eigenvalue weighted by Gasteiger charge is -2.17. The lowest BCUT2D eigenvalue weighted by Crippen LogP contribution is -2.29. The molecule has 0 aromatic carbocycles. The zero-order valence-electron chi connectivity index (χ0n) is 12.2. The molecule has 0 amide bonds. The van der Waals surface area contributed by atoms with Gasteiger partial charge in [0.05, 0.1) is 0 Å². The fourth-order valence-electron chi connectivity index (χ4n) is 2.85. The van der Waals surface area contributed by atoms with Gasteiger partial charge in [-0.25, -0.2) is 0 Å². The van der Waals surface area contributed by atoms with Crippen LogP contribution >= 0.6 is 0 Å². The molecule has 2 heteroatoms. The second-order valence-electron chi connectivity index (χ2n) is 5.94. The number of rotatable bonds is 7. The van der Waals surface area contributed by atoms with Crippen LogP contribution in [0.3, 0.4) is 0 Å². The van der Waals surface area contributed by atoms with Crippen molar-refractivity contribution in [2.24, 2.45) is 5.92 Å². The van der Waals surface area contributed by atoms with Crippen LogP contribution in [0.2, 0.25) is 0 Å². The Bertz CT molecular complexity index is 180. The average Bonchev–Trinajstić information content (AvgIpc) is 2.53. The summed E-state index contributed by atoms with van der Waals surface area (Å²) in [5.41, 5.74) is 0. The van der Waals surface area contributed by atoms with Gasteiger partial charge in [0.1, 0.15) is 0 Å². The maximum atomic E-state index is 3.76. The molecule has 1 fully saturated rings. The van der Waals surface area contributed by atoms with Gasteiger partial charge in [0.2, 0.25) is 0 Å². The third-order valence-corrected chi connectivity index (χ3v) is 4.13. The number of hydrogen-bond donors (Lipinski definition) is 1. The highest BCUT2D eigenvalue weighted by Gasteiger charge is 2.16. The van der Waals surface area contributed by atoms with E-state index in [1.807, 2.05) is 0 Å². The third-order valence-electron chi connectivity index (χ3n) is 4.13. The zero-order chi connectivity index (χ0) is 12.5. The maximum Gasteiger partial charge on any atom is 0.00671 e. The summed E-state index contributed by atoms with van der Waals surface area (Å²) in [4.78, 5) is 2.28. The molecule has 0 aromatic rings. The van der Waals surface area contributed by atoms with Gasteiger partial charge in [-0.05, 0) is 65.2 Å². The molecule has 1 rings (SSSR count). The van der Waals surface area contributed by atoms with Crippen LogP contribution in [0.4, 0.5) is 0 Å². The van der Waals surface area contributed by atoms with E-state index in [1.54, 1.807) is 0 Å². The van der Waals surface area contributed by atoms with Crippen molar-refractivity contribution >= 4 is 0 Å². The van der Waals surface area contributed by atoms with Crippen LogP contribution in [-0.4, -0.2) is 38.1 Å². The van der Waals surface area contributed by atoms with Crippen LogP contribution in [0.1, 0.15) is 58.3 Å². The highest BCUT2D eigenvalue weighted by atomic mass is 15.0. The van der Waals surface area contributed by atoms with Gasteiger partial charge in [0.25, 0.3) is 0 Å². The first-order valence-electron chi connectivity index (χ1n) is 7.60. The molecule has 0 aromatic heterocycles. The van der Waals surface area contributed by atoms with Gasteiger partial charge in [-0.1, -0.05) is 26.2 Å². The predicted molar refractivity (Wildman–Crippen MR) is 76.4 cm³/mol. The van der Waals surface area contributed by atoms with E-state index in [0.717, 1.165) is 12.0 Å². The normalized spacial score (nSPS) is 26.1. The Morgan fingerprint density at radius 2 is 1.88 bits per heavy atom. The summed E-state index contributed by atoms with van der Waals surface area (Å²) in [7, 11) is 4.31. The van der Waals surface area contributed by atoms with Gasteiger partial charge in [0.15, 0.2) is 0 Å². The van der Waals surface area contributed by atoms with Crippen molar-refractivity contribution in [3.05, 3.63) is 0 Å². The summed E-state index contributed by atoms with van der Waals surface area (Å²) < 4.78 is 0. The monoisotopic (exact) mass is 240 g/mol. The molecule has 1 N–H and O–H groups in total. The minimum Gasteiger partial charge on any atom is -0.314 e. The molecule has 0 radical (unpaired) electrons. The molecule has 0 saturated heterocycles. The van der Waals surface area contributed by atoms with E-state index in [1.165, 1.54) is 64.5 Å². The Morgan fingerprint density at radius 1 is 1.06 bits per heavy atom. The maximum absolute atomic E-state index is 3.76. The van der Waals surface area contributed by atoms with Crippen LogP contribution in [0.5, 0.6) is 0 Å². The summed E-state index contributed by atoms with van der Waals surface area (Å²) >= 11 is 0. The Balaban J connectivity index is 2.03. The Hall–Kier alpha value is -0.0800. The number of hydrogen-bond acceptors (Lipinski definition) is 2. The molecular weight excluding hydrogens is 208 g/mol. The number of nitrogens with zero attached hydrogens (tertiary/aromatic N) is 1. The van der Waals surface area contributed by atoms with Crippen LogP contribution in [0.25, 0.3) is 0 Å². The van der Waals surface area contributed by atoms with E-state index in [4.69, 9.17) is 0 Å². The Kier molecular flexibility index (Phi) is 7.87. The minimum absolute atomic E-state index is 0.811. The van der Waals surface area contributed by atoms with Gasteiger partial charge in [-0.2, -0.15) is 0 Å². The van der Waals surface area contributed by atoms with Gasteiger partial charge in [0, 0.05) is 6.04 Å². The molecule has 2 atom stereocenters. The van der Waals surface area contributed by atoms with Crippen molar-refractivity contribution in [3.8, 4) is 0 Å². The van der Waals surface area contributed by atoms with E-state index < -0.39 is 0 Å². The first kappa shape index (κ1) is 15.0. The molecule has 0 heterocycles. The second kappa shape index (κ2) is 8.93. The summed E-state index contributed by atoms with van der Waals surface area (Å²) in [5, 5.41) is 3.76. The van der Waals surface area contributed by atoms with Gasteiger partial charge in [-0.15, -0.1) is 0 Å². The SMILES string of the molecule is CCC1CCCC(NCCCCN(C)C)CC1. The molecule has 17 heavy (non-hydrogen) atoms. The quantitative estimate of drug-likeness (QED) is 0.543. The molecule has 1 saturated carbocycles. The van der Waals surface area contributed by atoms with E-state index in [2.05, 4.69) is 31.2 Å². The molecule has 0 bridgehead atoms. The van der Waals surface area contributed by atoms with E-state index in [-0.39, 0.29) is 0 Å². The highest BCUT2D eigenvalue weighted by molar-refractivity contribution is 4.74. The molecule has 2 nitrogen and oxygen atoms in total. The first-order chi connectivity index (χ1) is 8.22. The number of nitrogens with one attached hydrogen (secondary N) is 1. The van der Waals surface area contributed by atoms with Crippen molar-refractivity contribution in [3.63, 3.8) is 0 Å². The van der Waals surface area contributed by atoms with Gasteiger partial charge >= 0.3 is 0 Å². The molecule has 1 aliphatic carbocycles. The smallest absolute Gasteiger partial charge is 0.00671 e. The second-order valence-corrected chi connectivity index (χ2v) is 5.94. The highest BCUT2D eigenvalue weighted by Crippen LogP contribution is 2.25. The predicted octanol–water partition coefficient (Wildman–Crippen LogP) is 3.28. The molecule has 102 valence electrons. The van der Waals surface area contributed by atoms with Gasteiger partial charge < -0.3 is 10.2 Å². The van der Waals surface area contributed by atoms with Crippen LogP contribution in [0, 0.1) is 5.92 Å². The lowest BCUT2D eigenvalue weighted by molar-refractivity contribution is 0.381. The standard InChI is InChI=1S/C15H32N2/c1-4-14-8-7-9-15(11-10-14)16-12-5-6-13-17(2)3/h14-16H,4-13H2,1-3H3. The molecular formula is C15H32N2. The number of unbranched alkanes of at least 4 members (excludes halogenated alkanes) is 1. The van der Waals surface area contributed by atoms with Crippen molar-refractivity contribution in [1.82, 2.24) is 10.2 Å². The summed E-state index contributed by atoms with van der Waals surface area (Å²) in [5.74, 6) is 1.01. The van der Waals surface area contributed by atoms with Crippen molar-refractivity contribution in [2.45, 2.75) is 64.3 Å². The van der Waals surface area contributed by atoms with Crippen LogP contribution < -0.4 is 5.32 Å². The fourth-order valence-corrected chi connectivity index (χ4v) is 2.85. The van der Waals surface area contributed by atoms with Crippen molar-refractivity contribution < 1.29 is 0 Å². The Morgan fingerprint density at radius 3 is 2.59 bits per heavy atom. The zero-order valence-corrected chi connectivity index (χ0v) is 12.2. The third kappa shape index (κ3) is 7.05. The van der Waals surface area contributed by atoms with Crippen molar-refractivity contribution in [2.75, 3.05) is 27.2 Å². The van der Waals surface area contributed by atoms with Crippen molar-refractivity contribution in [1.29, 1.82) is 0 Å². The van der Waals surface area contributed by atoms with E-state index in [9.17, 15) is 0 Å². The summed E-state index contributed by atoms with van der Waals surface area (Å²) in [6.45, 7) is 4.79. The molecule has 2 unspecified atom stereocenters. The van der Waals surface area contributed by atoms with E-state index >= 15 is 0 Å². The Labute approximate surface area is 108 Å². The largest absolute Gasteiger partial charge is 0.314 e.